The number of alkyl halides is 12. The lowest BCUT2D eigenvalue weighted by molar-refractivity contribution is -0.164. The van der Waals surface area contributed by atoms with Gasteiger partial charge in [0.25, 0.3) is 0 Å². The van der Waals surface area contributed by atoms with Gasteiger partial charge >= 0.3 is 72.5 Å². The molecule has 0 aliphatic rings. The first-order chi connectivity index (χ1) is 45.2. The van der Waals surface area contributed by atoms with Crippen molar-refractivity contribution in [3.63, 3.8) is 0 Å². The number of rotatable bonds is 26. The first-order valence-corrected chi connectivity index (χ1v) is 26.2. The van der Waals surface area contributed by atoms with Crippen LogP contribution in [0.3, 0.4) is 0 Å². The molecule has 0 radical (unpaired) electrons. The predicted octanol–water partition coefficient (Wildman–Crippen LogP) is 18.5. The lowest BCUT2D eigenvalue weighted by Crippen LogP contribution is -2.22. The summed E-state index contributed by atoms with van der Waals surface area (Å²) in [5.74, 6) is -14.2. The van der Waals surface area contributed by atoms with Crippen molar-refractivity contribution in [3.8, 4) is 46.0 Å². The van der Waals surface area contributed by atoms with E-state index < -0.39 is 145 Å². The molecule has 0 fully saturated rings. The van der Waals surface area contributed by atoms with Crippen LogP contribution < -0.4 is 37.9 Å². The summed E-state index contributed by atoms with van der Waals surface area (Å²) in [5, 5.41) is 0. The maximum atomic E-state index is 14.1. The van der Waals surface area contributed by atoms with Crippen molar-refractivity contribution in [3.05, 3.63) is 229 Å². The smallest absolute Gasteiger partial charge is 0.420 e. The van der Waals surface area contributed by atoms with Crippen LogP contribution in [-0.4, -0.2) is 74.9 Å². The van der Waals surface area contributed by atoms with Crippen molar-refractivity contribution in [2.75, 3.05) is 27.2 Å². The highest BCUT2D eigenvalue weighted by atomic mass is 19.4. The Morgan fingerprint density at radius 3 is 0.692 bits per heavy atom. The summed E-state index contributed by atoms with van der Waals surface area (Å²) in [7, 11) is 0. The van der Waals surface area contributed by atoms with Crippen LogP contribution in [0.15, 0.2) is 184 Å². The molecule has 0 bridgehead atoms. The molecular weight excluding hydrogens is 1410 g/mol. The third-order valence-corrected chi connectivity index (χ3v) is 11.4. The summed E-state index contributed by atoms with van der Waals surface area (Å²) in [4.78, 5) is 94.0. The molecule has 0 atom stereocenters. The summed E-state index contributed by atoms with van der Waals surface area (Å²) >= 11 is 0. The number of carbonyl (C=O) groups is 8. The van der Waals surface area contributed by atoms with E-state index in [1.807, 2.05) is 0 Å². The van der Waals surface area contributed by atoms with Crippen molar-refractivity contribution < 1.29 is 148 Å². The fraction of sp³-hybridized carbons (Fsp3) is 0.222. The van der Waals surface area contributed by atoms with E-state index in [9.17, 15) is 91.0 Å². The van der Waals surface area contributed by atoms with Crippen LogP contribution in [0.5, 0.6) is 46.0 Å². The highest BCUT2D eigenvalue weighted by molar-refractivity contribution is 5.93. The van der Waals surface area contributed by atoms with Crippen LogP contribution in [0, 0.1) is 0 Å². The zero-order chi connectivity index (χ0) is 71.0. The molecule has 6 aromatic rings. The van der Waals surface area contributed by atoms with Gasteiger partial charge in [-0.25, -0.2) is 38.4 Å². The van der Waals surface area contributed by atoms with Crippen LogP contribution >= 0.6 is 0 Å². The normalized spacial score (nSPS) is 10.4. The number of halogens is 12. The number of hydrogen-bond donors (Lipinski definition) is 0. The first-order valence-electron chi connectivity index (χ1n) is 26.2. The monoisotopic (exact) mass is 1490 g/mol. The molecule has 6 rings (SSSR count). The lowest BCUT2D eigenvalue weighted by atomic mass is 10.0. The van der Waals surface area contributed by atoms with Crippen LogP contribution in [-0.2, 0) is 72.4 Å². The van der Waals surface area contributed by atoms with Gasteiger partial charge in [0.15, 0.2) is 0 Å². The molecule has 20 nitrogen and oxygen atoms in total. The largest absolute Gasteiger partial charge is 0.457 e. The Bertz CT molecular complexity index is 3640. The standard InChI is InChI=1S/C34H24F6O10.C30H20F6O10.8CH4/c1-3-27(41)47-19-45-23-11-5-21(6-12-23)9-17-29(43)49-25-15-16-26(32(34(38,39)40)31(25)33(35,36)37)50-30(44)18-10-22-7-13-24(14-8-22)46-20-48-28(42)4-2;1-3-23(37)43-15-41-19-9-5-17(6-10-19)27(39)45-21-13-14-22(26(30(34,35)36)25(21)29(31,32)33)46-28(40)18-7-11-20(12-8-18)42-16-44-24(38)4-2;;;;;;;;/h3-18H,1-2,19-20H2;3-14H,1-2,15-16H2;8*1H4/b17-9+,18-10+;;;;;;;;;. The Balaban J connectivity index is -0.000000895. The maximum absolute atomic E-state index is 14.1. The zero-order valence-electron chi connectivity index (χ0n) is 48.5. The molecule has 0 saturated heterocycles. The van der Waals surface area contributed by atoms with E-state index >= 15 is 0 Å². The molecule has 0 aromatic heterocycles. The summed E-state index contributed by atoms with van der Waals surface area (Å²) in [6.45, 7) is 10.9. The molecule has 0 aliphatic heterocycles. The Kier molecular flexibility index (Phi) is 42.4. The number of benzene rings is 6. The van der Waals surface area contributed by atoms with Crippen molar-refractivity contribution in [1.82, 2.24) is 0 Å². The summed E-state index contributed by atoms with van der Waals surface area (Å²) in [6, 6.07) is 21.6. The third-order valence-electron chi connectivity index (χ3n) is 11.4. The highest BCUT2D eigenvalue weighted by Crippen LogP contribution is 2.51. The van der Waals surface area contributed by atoms with Gasteiger partial charge in [-0.1, -0.05) is 110 Å². The highest BCUT2D eigenvalue weighted by Gasteiger charge is 2.50. The minimum atomic E-state index is -5.74. The molecular formula is C72H76F12O20. The van der Waals surface area contributed by atoms with E-state index in [1.165, 1.54) is 48.5 Å². The molecule has 0 heterocycles. The van der Waals surface area contributed by atoms with E-state index in [2.05, 4.69) is 54.7 Å². The fourth-order valence-electron chi connectivity index (χ4n) is 7.11. The second-order valence-electron chi connectivity index (χ2n) is 17.8. The number of carbonyl (C=O) groups excluding carboxylic acids is 8. The van der Waals surface area contributed by atoms with Crippen molar-refractivity contribution in [2.45, 2.75) is 84.1 Å². The fourth-order valence-corrected chi connectivity index (χ4v) is 7.11. The maximum Gasteiger partial charge on any atom is 0.420 e. The number of esters is 8. The van der Waals surface area contributed by atoms with E-state index in [0.717, 1.165) is 85.0 Å². The Hall–Kier alpha value is -12.1. The molecule has 6 aromatic carbocycles. The molecule has 0 N–H and O–H groups in total. The van der Waals surface area contributed by atoms with Gasteiger partial charge in [0.05, 0.1) is 11.1 Å². The van der Waals surface area contributed by atoms with Crippen LogP contribution in [0.4, 0.5) is 52.7 Å². The van der Waals surface area contributed by atoms with Crippen LogP contribution in [0.25, 0.3) is 12.2 Å². The molecule has 0 amide bonds. The lowest BCUT2D eigenvalue weighted by Gasteiger charge is -2.21. The van der Waals surface area contributed by atoms with Crippen molar-refractivity contribution >= 4 is 59.9 Å². The summed E-state index contributed by atoms with van der Waals surface area (Å²) in [5.41, 5.74) is -9.74. The second kappa shape index (κ2) is 44.9. The van der Waals surface area contributed by atoms with Crippen molar-refractivity contribution in [1.29, 1.82) is 0 Å². The van der Waals surface area contributed by atoms with E-state index in [-0.39, 0.29) is 93.5 Å². The van der Waals surface area contributed by atoms with Gasteiger partial charge < -0.3 is 56.8 Å². The van der Waals surface area contributed by atoms with Crippen LogP contribution in [0.1, 0.15) is 114 Å². The van der Waals surface area contributed by atoms with E-state index in [4.69, 9.17) is 28.4 Å². The van der Waals surface area contributed by atoms with Gasteiger partial charge in [-0.05, 0) is 120 Å². The minimum absolute atomic E-state index is 0. The Morgan fingerprint density at radius 2 is 0.490 bits per heavy atom. The van der Waals surface area contributed by atoms with Crippen molar-refractivity contribution in [2.24, 2.45) is 0 Å². The molecule has 0 spiro atoms. The number of ether oxygens (including phenoxy) is 12. The topological polar surface area (TPSA) is 247 Å². The zero-order valence-corrected chi connectivity index (χ0v) is 48.5. The molecule has 104 heavy (non-hydrogen) atoms. The Labute approximate surface area is 591 Å². The van der Waals surface area contributed by atoms with Gasteiger partial charge in [0, 0.05) is 36.5 Å². The Morgan fingerprint density at radius 1 is 0.288 bits per heavy atom. The summed E-state index contributed by atoms with van der Waals surface area (Å²) < 4.78 is 226. The SMILES string of the molecule is C.C.C.C.C.C.C.C.C=CC(=O)OCOc1ccc(/C=C/C(=O)Oc2ccc(OC(=O)/C=C/c3ccc(OCOC(=O)C=C)cc3)c(C(F)(F)F)c2C(F)(F)F)cc1.C=CC(=O)OCOc1ccc(C(=O)Oc2ccc(OC(=O)c3ccc(OCOC(=O)C=C)cc3)c(C(F)(F)F)c2C(F)(F)F)cc1. The van der Waals surface area contributed by atoms with Gasteiger partial charge in [-0.2, -0.15) is 52.7 Å². The van der Waals surface area contributed by atoms with Gasteiger partial charge in [-0.15, -0.1) is 0 Å². The van der Waals surface area contributed by atoms with Gasteiger partial charge in [-0.3, -0.25) is 0 Å². The molecule has 0 saturated carbocycles. The molecule has 0 aliphatic carbocycles. The van der Waals surface area contributed by atoms with E-state index in [0.29, 0.717) is 47.5 Å². The van der Waals surface area contributed by atoms with Gasteiger partial charge in [0.2, 0.25) is 27.2 Å². The predicted molar refractivity (Wildman–Crippen MR) is 359 cm³/mol. The number of hydrogen-bond acceptors (Lipinski definition) is 20. The molecule has 0 unspecified atom stereocenters. The first kappa shape index (κ1) is 98.3. The van der Waals surface area contributed by atoms with E-state index in [1.54, 1.807) is 0 Å². The minimum Gasteiger partial charge on any atom is -0.457 e. The quantitative estimate of drug-likeness (QED) is 0.0122. The summed E-state index contributed by atoms with van der Waals surface area (Å²) in [6.07, 6.45) is -15.7. The average molecular weight is 1490 g/mol. The average Bonchev–Trinajstić information content (AvgIpc) is 0.767. The molecule has 32 heteroatoms. The third kappa shape index (κ3) is 30.8. The van der Waals surface area contributed by atoms with Gasteiger partial charge in [0.1, 0.15) is 68.2 Å². The molecule has 568 valence electrons. The van der Waals surface area contributed by atoms with Crippen LogP contribution in [0.2, 0.25) is 0 Å². The second-order valence-corrected chi connectivity index (χ2v) is 17.8.